The van der Waals surface area contributed by atoms with Crippen LogP contribution in [0.2, 0.25) is 0 Å². The molecule has 0 radical (unpaired) electrons. The summed E-state index contributed by atoms with van der Waals surface area (Å²) in [5.74, 6) is -1.75. The van der Waals surface area contributed by atoms with Crippen molar-refractivity contribution in [1.29, 1.82) is 0 Å². The molecular formula is C18H25FN2O3. The second-order valence-electron chi connectivity index (χ2n) is 6.46. The fourth-order valence-electron chi connectivity index (χ4n) is 3.33. The molecule has 1 unspecified atom stereocenters. The highest BCUT2D eigenvalue weighted by molar-refractivity contribution is 6.39. The lowest BCUT2D eigenvalue weighted by atomic mass is 9.82. The van der Waals surface area contributed by atoms with Crippen LogP contribution in [0.4, 0.5) is 10.1 Å². The maximum atomic E-state index is 13.4. The van der Waals surface area contributed by atoms with Crippen LogP contribution < -0.4 is 10.6 Å². The van der Waals surface area contributed by atoms with Crippen molar-refractivity contribution >= 4 is 17.5 Å². The molecule has 1 aromatic carbocycles. The average molecular weight is 336 g/mol. The van der Waals surface area contributed by atoms with Crippen molar-refractivity contribution < 1.29 is 19.1 Å². The first kappa shape index (κ1) is 18.4. The molecule has 3 N–H and O–H groups in total. The Hall–Kier alpha value is -1.95. The number of rotatable bonds is 5. The third-order valence-electron chi connectivity index (χ3n) is 4.48. The van der Waals surface area contributed by atoms with Crippen LogP contribution in [0.3, 0.4) is 0 Å². The lowest BCUT2D eigenvalue weighted by molar-refractivity contribution is -0.137. The third-order valence-corrected chi connectivity index (χ3v) is 4.48. The van der Waals surface area contributed by atoms with Crippen LogP contribution in [-0.4, -0.2) is 29.6 Å². The van der Waals surface area contributed by atoms with E-state index >= 15 is 0 Å². The molecule has 0 aliphatic heterocycles. The van der Waals surface area contributed by atoms with E-state index in [0.717, 1.165) is 25.7 Å². The summed E-state index contributed by atoms with van der Waals surface area (Å²) < 4.78 is 13.4. The number of aryl methyl sites for hydroxylation is 1. The third kappa shape index (κ3) is 5.30. The summed E-state index contributed by atoms with van der Waals surface area (Å²) in [6.07, 6.45) is 5.83. The smallest absolute Gasteiger partial charge is 0.313 e. The number of carbonyl (C=O) groups is 2. The molecule has 24 heavy (non-hydrogen) atoms. The Labute approximate surface area is 141 Å². The number of hydrogen-bond acceptors (Lipinski definition) is 3. The molecule has 1 atom stereocenters. The predicted octanol–water partition coefficient (Wildman–Crippen LogP) is 2.52. The van der Waals surface area contributed by atoms with E-state index in [0.29, 0.717) is 17.9 Å². The van der Waals surface area contributed by atoms with Crippen molar-refractivity contribution in [3.05, 3.63) is 29.6 Å². The normalized spacial score (nSPS) is 16.5. The minimum Gasteiger partial charge on any atom is -0.396 e. The Bertz CT molecular complexity index is 565. The maximum absolute atomic E-state index is 13.4. The summed E-state index contributed by atoms with van der Waals surface area (Å²) in [5, 5.41) is 14.4. The van der Waals surface area contributed by atoms with E-state index in [-0.39, 0.29) is 18.3 Å². The zero-order valence-electron chi connectivity index (χ0n) is 14.0. The number of halogens is 1. The van der Waals surface area contributed by atoms with Gasteiger partial charge in [-0.2, -0.15) is 0 Å². The molecule has 2 amide bonds. The molecule has 0 aromatic heterocycles. The summed E-state index contributed by atoms with van der Waals surface area (Å²) >= 11 is 0. The highest BCUT2D eigenvalue weighted by Crippen LogP contribution is 2.27. The molecule has 5 nitrogen and oxygen atoms in total. The first-order valence-corrected chi connectivity index (χ1v) is 8.49. The monoisotopic (exact) mass is 336 g/mol. The van der Waals surface area contributed by atoms with Crippen molar-refractivity contribution in [3.8, 4) is 0 Å². The molecule has 1 saturated carbocycles. The lowest BCUT2D eigenvalue weighted by Gasteiger charge is -2.30. The molecule has 0 spiro atoms. The Morgan fingerprint density at radius 3 is 2.54 bits per heavy atom. The molecule has 1 aliphatic carbocycles. The van der Waals surface area contributed by atoms with Crippen LogP contribution in [0.5, 0.6) is 0 Å². The predicted molar refractivity (Wildman–Crippen MR) is 90.0 cm³/mol. The number of hydrogen-bond donors (Lipinski definition) is 3. The summed E-state index contributed by atoms with van der Waals surface area (Å²) in [4.78, 5) is 24.2. The summed E-state index contributed by atoms with van der Waals surface area (Å²) in [7, 11) is 0. The van der Waals surface area contributed by atoms with Crippen molar-refractivity contribution in [2.45, 2.75) is 51.5 Å². The Morgan fingerprint density at radius 1 is 1.21 bits per heavy atom. The van der Waals surface area contributed by atoms with Gasteiger partial charge < -0.3 is 15.7 Å². The largest absolute Gasteiger partial charge is 0.396 e. The molecule has 1 aliphatic rings. The van der Waals surface area contributed by atoms with Gasteiger partial charge in [-0.1, -0.05) is 19.3 Å². The Morgan fingerprint density at radius 2 is 1.92 bits per heavy atom. The topological polar surface area (TPSA) is 78.4 Å². The number of benzene rings is 1. The van der Waals surface area contributed by atoms with E-state index in [1.807, 2.05) is 0 Å². The molecule has 2 rings (SSSR count). The molecule has 6 heteroatoms. The van der Waals surface area contributed by atoms with E-state index < -0.39 is 17.6 Å². The van der Waals surface area contributed by atoms with E-state index in [4.69, 9.17) is 0 Å². The van der Waals surface area contributed by atoms with Crippen LogP contribution in [0.25, 0.3) is 0 Å². The minimum absolute atomic E-state index is 0.0356. The van der Waals surface area contributed by atoms with E-state index in [1.54, 1.807) is 13.0 Å². The van der Waals surface area contributed by atoms with E-state index in [2.05, 4.69) is 10.6 Å². The van der Waals surface area contributed by atoms with Crippen LogP contribution >= 0.6 is 0 Å². The average Bonchev–Trinajstić information content (AvgIpc) is 2.54. The van der Waals surface area contributed by atoms with Crippen molar-refractivity contribution in [2.24, 2.45) is 5.92 Å². The quantitative estimate of drug-likeness (QED) is 0.723. The van der Waals surface area contributed by atoms with Crippen molar-refractivity contribution in [3.63, 3.8) is 0 Å². The second-order valence-corrected chi connectivity index (χ2v) is 6.46. The first-order valence-electron chi connectivity index (χ1n) is 8.49. The molecule has 132 valence electrons. The zero-order valence-corrected chi connectivity index (χ0v) is 14.0. The standard InChI is InChI=1S/C18H25FN2O3/c1-12-9-14(19)11-15(10-12)20-17(23)18(24)21-16(7-8-22)13-5-3-2-4-6-13/h9-11,13,16,22H,2-8H2,1H3,(H,20,23)(H,21,24). The van der Waals surface area contributed by atoms with Crippen LogP contribution in [-0.2, 0) is 9.59 Å². The second kappa shape index (κ2) is 8.78. The molecule has 0 saturated heterocycles. The van der Waals surface area contributed by atoms with Crippen LogP contribution in [0, 0.1) is 18.7 Å². The van der Waals surface area contributed by atoms with Gasteiger partial charge in [-0.25, -0.2) is 4.39 Å². The maximum Gasteiger partial charge on any atom is 0.313 e. The van der Waals surface area contributed by atoms with Crippen LogP contribution in [0.15, 0.2) is 18.2 Å². The van der Waals surface area contributed by atoms with Gasteiger partial charge in [0, 0.05) is 18.3 Å². The molecular weight excluding hydrogens is 311 g/mol. The highest BCUT2D eigenvalue weighted by Gasteiger charge is 2.26. The van der Waals surface area contributed by atoms with E-state index in [9.17, 15) is 19.1 Å². The first-order chi connectivity index (χ1) is 11.5. The van der Waals surface area contributed by atoms with Gasteiger partial charge in [0.2, 0.25) is 0 Å². The zero-order chi connectivity index (χ0) is 17.5. The van der Waals surface area contributed by atoms with E-state index in [1.165, 1.54) is 18.6 Å². The fraction of sp³-hybridized carbons (Fsp3) is 0.556. The molecule has 1 aromatic rings. The fourth-order valence-corrected chi connectivity index (χ4v) is 3.33. The molecule has 0 heterocycles. The number of amides is 2. The number of aliphatic hydroxyl groups excluding tert-OH is 1. The molecule has 1 fully saturated rings. The van der Waals surface area contributed by atoms with Gasteiger partial charge in [-0.3, -0.25) is 9.59 Å². The Balaban J connectivity index is 1.96. The van der Waals surface area contributed by atoms with Gasteiger partial charge in [-0.15, -0.1) is 0 Å². The Kier molecular flexibility index (Phi) is 6.73. The van der Waals surface area contributed by atoms with Gasteiger partial charge in [-0.05, 0) is 55.9 Å². The SMILES string of the molecule is Cc1cc(F)cc(NC(=O)C(=O)NC(CCO)C2CCCCC2)c1. The highest BCUT2D eigenvalue weighted by atomic mass is 19.1. The number of nitrogens with one attached hydrogen (secondary N) is 2. The molecule has 0 bridgehead atoms. The van der Waals surface area contributed by atoms with Gasteiger partial charge in [0.15, 0.2) is 0 Å². The van der Waals surface area contributed by atoms with Gasteiger partial charge in [0.25, 0.3) is 0 Å². The summed E-state index contributed by atoms with van der Waals surface area (Å²) in [5.41, 5.74) is 0.912. The van der Waals surface area contributed by atoms with Crippen LogP contribution in [0.1, 0.15) is 44.1 Å². The van der Waals surface area contributed by atoms with Gasteiger partial charge in [0.1, 0.15) is 5.82 Å². The number of carbonyl (C=O) groups excluding carboxylic acids is 2. The van der Waals surface area contributed by atoms with Crippen molar-refractivity contribution in [2.75, 3.05) is 11.9 Å². The van der Waals surface area contributed by atoms with Crippen molar-refractivity contribution in [1.82, 2.24) is 5.32 Å². The summed E-state index contributed by atoms with van der Waals surface area (Å²) in [6, 6.07) is 3.91. The minimum atomic E-state index is -0.821. The number of anilines is 1. The van der Waals surface area contributed by atoms with Gasteiger partial charge >= 0.3 is 11.8 Å². The summed E-state index contributed by atoms with van der Waals surface area (Å²) in [6.45, 7) is 1.67. The van der Waals surface area contributed by atoms with Gasteiger partial charge in [0.05, 0.1) is 0 Å². The lowest BCUT2D eigenvalue weighted by Crippen LogP contribution is -2.46. The number of aliphatic hydroxyl groups is 1.